The molecule has 1 aliphatic carbocycles. The molecule has 0 spiro atoms. The van der Waals surface area contributed by atoms with Crippen LogP contribution < -0.4 is 14.5 Å². The average molecular weight is 440 g/mol. The van der Waals surface area contributed by atoms with Gasteiger partial charge in [-0.25, -0.2) is 0 Å². The van der Waals surface area contributed by atoms with Gasteiger partial charge in [0.25, 0.3) is 0 Å². The minimum Gasteiger partial charge on any atom is -0.628 e. The summed E-state index contributed by atoms with van der Waals surface area (Å²) < 4.78 is 12.0. The van der Waals surface area contributed by atoms with Gasteiger partial charge in [0.05, 0.1) is 25.0 Å². The number of hydrogen-bond acceptors (Lipinski definition) is 6. The van der Waals surface area contributed by atoms with Crippen LogP contribution in [0.15, 0.2) is 36.7 Å². The van der Waals surface area contributed by atoms with E-state index in [2.05, 4.69) is 4.98 Å². The van der Waals surface area contributed by atoms with Gasteiger partial charge in [-0.2, -0.15) is 0 Å². The van der Waals surface area contributed by atoms with Crippen molar-refractivity contribution in [2.24, 2.45) is 0 Å². The highest BCUT2D eigenvalue weighted by atomic mass is 16.5. The van der Waals surface area contributed by atoms with Crippen molar-refractivity contribution in [1.82, 2.24) is 4.98 Å². The first-order valence-corrected chi connectivity index (χ1v) is 11.2. The van der Waals surface area contributed by atoms with Crippen molar-refractivity contribution in [3.05, 3.63) is 53.0 Å². The Hall–Kier alpha value is -2.97. The van der Waals surface area contributed by atoms with Crippen LogP contribution in [0.5, 0.6) is 11.5 Å². The summed E-state index contributed by atoms with van der Waals surface area (Å²) in [7, 11) is 0. The normalized spacial score (nSPS) is 21.8. The van der Waals surface area contributed by atoms with Crippen molar-refractivity contribution in [2.45, 2.75) is 63.5 Å². The van der Waals surface area contributed by atoms with E-state index in [-0.39, 0.29) is 28.9 Å². The van der Waals surface area contributed by atoms with Gasteiger partial charge in [0, 0.05) is 18.5 Å². The predicted octanol–water partition coefficient (Wildman–Crippen LogP) is 3.03. The SMILES string of the molecule is CCOc1cc(C(CC(=O)O)C2C(=O)c3cnccc3[NH+]2[O-])ccc1OC1CCCCC1. The number of carbonyl (C=O) groups is 2. The van der Waals surface area contributed by atoms with E-state index in [4.69, 9.17) is 9.47 Å². The van der Waals surface area contributed by atoms with Crippen molar-refractivity contribution in [3.63, 3.8) is 0 Å². The van der Waals surface area contributed by atoms with E-state index in [1.54, 1.807) is 18.2 Å². The average Bonchev–Trinajstić information content (AvgIpc) is 3.04. The molecule has 1 fully saturated rings. The molecule has 1 aromatic carbocycles. The quantitative estimate of drug-likeness (QED) is 0.607. The van der Waals surface area contributed by atoms with Gasteiger partial charge in [0.2, 0.25) is 5.78 Å². The number of hydrogen-bond donors (Lipinski definition) is 2. The molecule has 4 rings (SSSR count). The molecular weight excluding hydrogens is 412 g/mol. The van der Waals surface area contributed by atoms with Crippen molar-refractivity contribution in [3.8, 4) is 11.5 Å². The molecule has 3 unspecified atom stereocenters. The van der Waals surface area contributed by atoms with Crippen molar-refractivity contribution >= 4 is 17.4 Å². The molecule has 0 saturated heterocycles. The molecule has 1 aromatic heterocycles. The summed E-state index contributed by atoms with van der Waals surface area (Å²) in [5.41, 5.74) is 1.12. The third-order valence-corrected chi connectivity index (χ3v) is 6.26. The standard InChI is InChI=1S/C24H28N2O6/c1-2-31-21-12-15(8-9-20(21)32-16-6-4-3-5-7-16)17(13-22(27)28)23-24(29)18-14-25-11-10-19(18)26(23)30/h8-12,14,16-17,23,26H,2-7,13H2,1H3,(H,27,28). The lowest BCUT2D eigenvalue weighted by Gasteiger charge is -2.30. The maximum absolute atomic E-state index is 13.0. The number of benzene rings is 1. The summed E-state index contributed by atoms with van der Waals surface area (Å²) in [4.78, 5) is 28.7. The topological polar surface area (TPSA) is 113 Å². The van der Waals surface area contributed by atoms with Gasteiger partial charge in [-0.15, -0.1) is 0 Å². The number of carboxylic acids is 1. The van der Waals surface area contributed by atoms with E-state index in [0.717, 1.165) is 25.7 Å². The van der Waals surface area contributed by atoms with E-state index in [1.807, 2.05) is 6.92 Å². The molecule has 1 aliphatic heterocycles. The summed E-state index contributed by atoms with van der Waals surface area (Å²) in [6, 6.07) is 5.65. The molecule has 8 nitrogen and oxygen atoms in total. The van der Waals surface area contributed by atoms with Crippen LogP contribution in [0.1, 0.15) is 67.3 Å². The van der Waals surface area contributed by atoms with E-state index >= 15 is 0 Å². The highest BCUT2D eigenvalue weighted by Gasteiger charge is 2.45. The number of carboxylic acid groups (broad SMARTS) is 1. The Labute approximate surface area is 186 Å². The zero-order valence-corrected chi connectivity index (χ0v) is 18.1. The molecular formula is C24H28N2O6. The summed E-state index contributed by atoms with van der Waals surface area (Å²) in [5, 5.41) is 22.2. The Morgan fingerprint density at radius 3 is 2.72 bits per heavy atom. The van der Waals surface area contributed by atoms with E-state index in [1.165, 1.54) is 24.9 Å². The van der Waals surface area contributed by atoms with Crippen LogP contribution in [-0.4, -0.2) is 40.6 Å². The number of quaternary nitrogens is 1. The molecule has 0 bridgehead atoms. The van der Waals surface area contributed by atoms with Gasteiger partial charge < -0.3 is 24.9 Å². The minimum absolute atomic E-state index is 0.128. The van der Waals surface area contributed by atoms with E-state index in [0.29, 0.717) is 29.4 Å². The number of fused-ring (bicyclic) bond motifs is 1. The van der Waals surface area contributed by atoms with Crippen molar-refractivity contribution in [1.29, 1.82) is 0 Å². The predicted molar refractivity (Wildman–Crippen MR) is 116 cm³/mol. The first-order chi connectivity index (χ1) is 15.5. The minimum atomic E-state index is -1.09. The second-order valence-corrected chi connectivity index (χ2v) is 8.35. The first kappa shape index (κ1) is 22.2. The van der Waals surface area contributed by atoms with Crippen molar-refractivity contribution in [2.75, 3.05) is 6.61 Å². The van der Waals surface area contributed by atoms with E-state index < -0.39 is 17.9 Å². The van der Waals surface area contributed by atoms with Crippen LogP contribution in [0.4, 0.5) is 5.69 Å². The molecule has 0 radical (unpaired) electrons. The Kier molecular flexibility index (Phi) is 6.72. The number of nitrogens with zero attached hydrogens (tertiary/aromatic N) is 1. The van der Waals surface area contributed by atoms with Gasteiger partial charge >= 0.3 is 5.97 Å². The molecule has 2 heterocycles. The summed E-state index contributed by atoms with van der Waals surface area (Å²) in [5.74, 6) is -1.17. The van der Waals surface area contributed by atoms with Gasteiger partial charge in [0.15, 0.2) is 17.5 Å². The Balaban J connectivity index is 1.67. The molecule has 2 aromatic rings. The molecule has 2 aliphatic rings. The highest BCUT2D eigenvalue weighted by Crippen LogP contribution is 2.37. The number of rotatable bonds is 8. The fourth-order valence-corrected chi connectivity index (χ4v) is 4.73. The number of ether oxygens (including phenoxy) is 2. The van der Waals surface area contributed by atoms with Crippen LogP contribution in [0.3, 0.4) is 0 Å². The van der Waals surface area contributed by atoms with E-state index in [9.17, 15) is 19.9 Å². The van der Waals surface area contributed by atoms with Crippen LogP contribution in [0.25, 0.3) is 0 Å². The molecule has 8 heteroatoms. The Morgan fingerprint density at radius 1 is 1.25 bits per heavy atom. The molecule has 170 valence electrons. The van der Waals surface area contributed by atoms with Gasteiger partial charge in [-0.1, -0.05) is 12.5 Å². The van der Waals surface area contributed by atoms with Crippen LogP contribution in [0.2, 0.25) is 0 Å². The number of aliphatic carboxylic acids is 1. The van der Waals surface area contributed by atoms with Gasteiger partial charge in [-0.3, -0.25) is 14.6 Å². The molecule has 32 heavy (non-hydrogen) atoms. The molecule has 2 N–H and O–H groups in total. The number of carbonyl (C=O) groups excluding carboxylic acids is 1. The van der Waals surface area contributed by atoms with Gasteiger partial charge in [-0.05, 0) is 50.3 Å². The second kappa shape index (κ2) is 9.67. The lowest BCUT2D eigenvalue weighted by atomic mass is 9.86. The third kappa shape index (κ3) is 4.47. The monoisotopic (exact) mass is 440 g/mol. The number of hydroxylamine groups is 1. The fraction of sp³-hybridized carbons (Fsp3) is 0.458. The zero-order valence-electron chi connectivity index (χ0n) is 18.1. The van der Waals surface area contributed by atoms with Crippen LogP contribution in [-0.2, 0) is 4.79 Å². The van der Waals surface area contributed by atoms with Gasteiger partial charge in [0.1, 0.15) is 11.3 Å². The van der Waals surface area contributed by atoms with Crippen molar-refractivity contribution < 1.29 is 29.2 Å². The summed E-state index contributed by atoms with van der Waals surface area (Å²) in [6.07, 6.45) is 8.09. The number of nitrogens with one attached hydrogen (secondary N) is 1. The number of pyridine rings is 1. The smallest absolute Gasteiger partial charge is 0.304 e. The fourth-order valence-electron chi connectivity index (χ4n) is 4.73. The molecule has 0 amide bonds. The lowest BCUT2D eigenvalue weighted by Crippen LogP contribution is -3.06. The maximum Gasteiger partial charge on any atom is 0.304 e. The zero-order chi connectivity index (χ0) is 22.7. The maximum atomic E-state index is 13.0. The summed E-state index contributed by atoms with van der Waals surface area (Å²) >= 11 is 0. The van der Waals surface area contributed by atoms with Crippen LogP contribution in [0, 0.1) is 5.21 Å². The second-order valence-electron chi connectivity index (χ2n) is 8.35. The number of aromatic nitrogens is 1. The Bertz CT molecular complexity index is 988. The third-order valence-electron chi connectivity index (χ3n) is 6.26. The summed E-state index contributed by atoms with van der Waals surface area (Å²) in [6.45, 7) is 2.27. The highest BCUT2D eigenvalue weighted by molar-refractivity contribution is 6.05. The first-order valence-electron chi connectivity index (χ1n) is 11.2. The number of Topliss-reactive ketones (excluding diaryl/α,β-unsaturated/α-hetero) is 1. The molecule has 3 atom stereocenters. The Morgan fingerprint density at radius 2 is 2.03 bits per heavy atom. The lowest BCUT2D eigenvalue weighted by molar-refractivity contribution is -0.792. The number of ketones is 1. The van der Waals surface area contributed by atoms with Crippen LogP contribution >= 0.6 is 0 Å². The molecule has 1 saturated carbocycles. The largest absolute Gasteiger partial charge is 0.628 e.